The third kappa shape index (κ3) is 7.70. The lowest BCUT2D eigenvalue weighted by atomic mass is 9.78. The van der Waals surface area contributed by atoms with E-state index >= 15 is 0 Å². The first-order valence-corrected chi connectivity index (χ1v) is 12.8. The van der Waals surface area contributed by atoms with Crippen molar-refractivity contribution < 1.29 is 4.39 Å². The van der Waals surface area contributed by atoms with E-state index in [1.807, 2.05) is 12.1 Å². The molecule has 0 bridgehead atoms. The minimum atomic E-state index is -0.166. The lowest BCUT2D eigenvalue weighted by Crippen LogP contribution is -2.15. The Morgan fingerprint density at radius 2 is 1.45 bits per heavy atom. The summed E-state index contributed by atoms with van der Waals surface area (Å²) >= 11 is 0. The van der Waals surface area contributed by atoms with Gasteiger partial charge in [0.1, 0.15) is 11.6 Å². The van der Waals surface area contributed by atoms with E-state index in [2.05, 4.69) is 23.8 Å². The van der Waals surface area contributed by atoms with Crippen LogP contribution in [-0.2, 0) is 12.8 Å². The number of halogens is 1. The molecule has 1 aliphatic carbocycles. The van der Waals surface area contributed by atoms with E-state index in [-0.39, 0.29) is 5.82 Å². The van der Waals surface area contributed by atoms with Crippen molar-refractivity contribution in [3.63, 3.8) is 0 Å². The molecule has 2 aromatic rings. The van der Waals surface area contributed by atoms with Crippen molar-refractivity contribution in [3.8, 4) is 11.1 Å². The van der Waals surface area contributed by atoms with Gasteiger partial charge in [-0.25, -0.2) is 14.4 Å². The second-order valence-corrected chi connectivity index (χ2v) is 9.58. The Morgan fingerprint density at radius 1 is 0.806 bits per heavy atom. The van der Waals surface area contributed by atoms with Gasteiger partial charge in [-0.05, 0) is 42.7 Å². The molecular weight excluding hydrogens is 383 g/mol. The molecule has 170 valence electrons. The van der Waals surface area contributed by atoms with Crippen molar-refractivity contribution >= 4 is 0 Å². The van der Waals surface area contributed by atoms with Crippen LogP contribution < -0.4 is 0 Å². The number of unbranched alkanes of at least 4 members (excludes halogenated alkanes) is 4. The van der Waals surface area contributed by atoms with Crippen molar-refractivity contribution in [3.05, 3.63) is 47.8 Å². The van der Waals surface area contributed by atoms with Crippen LogP contribution in [0, 0.1) is 17.7 Å². The fraction of sp³-hybridized carbons (Fsp3) is 0.643. The number of nitrogens with zero attached hydrogens (tertiary/aromatic N) is 2. The summed E-state index contributed by atoms with van der Waals surface area (Å²) in [6.07, 6.45) is 21.2. The fourth-order valence-corrected chi connectivity index (χ4v) is 4.98. The number of rotatable bonds is 12. The lowest BCUT2D eigenvalue weighted by molar-refractivity contribution is 0.248. The molecule has 0 spiro atoms. The standard InChI is InChI=1S/C28H41FN2/c1-3-5-7-9-22-11-13-23(14-12-22)16-18-28-30-20-25(21-31-28)26-17-15-24(19-27(26)29)10-8-6-4-2/h15,17,19-23H,3-14,16,18H2,1-2H3. The largest absolute Gasteiger partial charge is 0.241 e. The first-order chi connectivity index (χ1) is 15.2. The highest BCUT2D eigenvalue weighted by Crippen LogP contribution is 2.34. The van der Waals surface area contributed by atoms with Crippen molar-refractivity contribution in [2.24, 2.45) is 11.8 Å². The SMILES string of the molecule is CCCCCc1ccc(-c2cnc(CCC3CCC(CCCCC)CC3)nc2)c(F)c1. The van der Waals surface area contributed by atoms with E-state index in [0.717, 1.165) is 48.0 Å². The monoisotopic (exact) mass is 424 g/mol. The average molecular weight is 425 g/mol. The minimum absolute atomic E-state index is 0.166. The molecule has 1 fully saturated rings. The van der Waals surface area contributed by atoms with Crippen molar-refractivity contribution in [1.82, 2.24) is 9.97 Å². The maximum absolute atomic E-state index is 14.6. The molecule has 31 heavy (non-hydrogen) atoms. The molecule has 0 N–H and O–H groups in total. The highest BCUT2D eigenvalue weighted by atomic mass is 19.1. The number of aromatic nitrogens is 2. The summed E-state index contributed by atoms with van der Waals surface area (Å²) in [5.74, 6) is 2.51. The zero-order chi connectivity index (χ0) is 21.9. The van der Waals surface area contributed by atoms with Crippen molar-refractivity contribution in [1.29, 1.82) is 0 Å². The molecule has 1 saturated carbocycles. The topological polar surface area (TPSA) is 25.8 Å². The summed E-state index contributed by atoms with van der Waals surface area (Å²) in [5.41, 5.74) is 2.45. The zero-order valence-electron chi connectivity index (χ0n) is 19.7. The zero-order valence-corrected chi connectivity index (χ0v) is 19.7. The Morgan fingerprint density at radius 3 is 2.10 bits per heavy atom. The van der Waals surface area contributed by atoms with Crippen LogP contribution in [0.5, 0.6) is 0 Å². The van der Waals surface area contributed by atoms with E-state index in [0.29, 0.717) is 5.56 Å². The summed E-state index contributed by atoms with van der Waals surface area (Å²) in [7, 11) is 0. The van der Waals surface area contributed by atoms with Gasteiger partial charge in [-0.15, -0.1) is 0 Å². The quantitative estimate of drug-likeness (QED) is 0.320. The molecule has 0 atom stereocenters. The van der Waals surface area contributed by atoms with Crippen LogP contribution >= 0.6 is 0 Å². The Hall–Kier alpha value is -1.77. The van der Waals surface area contributed by atoms with Crippen LogP contribution in [0.1, 0.15) is 102 Å². The van der Waals surface area contributed by atoms with Gasteiger partial charge in [0.25, 0.3) is 0 Å². The van der Waals surface area contributed by atoms with Gasteiger partial charge in [0.05, 0.1) is 0 Å². The number of hydrogen-bond acceptors (Lipinski definition) is 2. The van der Waals surface area contributed by atoms with Gasteiger partial charge in [0.2, 0.25) is 0 Å². The Kier molecular flexibility index (Phi) is 9.96. The van der Waals surface area contributed by atoms with E-state index in [9.17, 15) is 4.39 Å². The van der Waals surface area contributed by atoms with Gasteiger partial charge in [-0.2, -0.15) is 0 Å². The lowest BCUT2D eigenvalue weighted by Gasteiger charge is -2.28. The van der Waals surface area contributed by atoms with Crippen LogP contribution in [0.2, 0.25) is 0 Å². The second-order valence-electron chi connectivity index (χ2n) is 9.58. The summed E-state index contributed by atoms with van der Waals surface area (Å²) in [6.45, 7) is 4.47. The van der Waals surface area contributed by atoms with Gasteiger partial charge < -0.3 is 0 Å². The summed E-state index contributed by atoms with van der Waals surface area (Å²) in [6, 6.07) is 5.60. The minimum Gasteiger partial charge on any atom is -0.241 e. The number of hydrogen-bond donors (Lipinski definition) is 0. The summed E-state index contributed by atoms with van der Waals surface area (Å²) < 4.78 is 14.6. The molecular formula is C28H41FN2. The summed E-state index contributed by atoms with van der Waals surface area (Å²) in [4.78, 5) is 9.10. The first kappa shape index (κ1) is 23.9. The molecule has 1 aromatic heterocycles. The van der Waals surface area contributed by atoms with Gasteiger partial charge in [-0.3, -0.25) is 0 Å². The van der Waals surface area contributed by atoms with Crippen LogP contribution in [0.4, 0.5) is 4.39 Å². The molecule has 1 heterocycles. The van der Waals surface area contributed by atoms with Crippen molar-refractivity contribution in [2.45, 2.75) is 104 Å². The maximum Gasteiger partial charge on any atom is 0.131 e. The van der Waals surface area contributed by atoms with Crippen molar-refractivity contribution in [2.75, 3.05) is 0 Å². The molecule has 1 aromatic carbocycles. The third-order valence-corrected chi connectivity index (χ3v) is 7.08. The highest BCUT2D eigenvalue weighted by molar-refractivity contribution is 5.62. The number of benzene rings is 1. The van der Waals surface area contributed by atoms with Gasteiger partial charge in [-0.1, -0.05) is 90.2 Å². The van der Waals surface area contributed by atoms with Gasteiger partial charge in [0.15, 0.2) is 0 Å². The predicted octanol–water partition coefficient (Wildman–Crippen LogP) is 8.33. The molecule has 0 saturated heterocycles. The third-order valence-electron chi connectivity index (χ3n) is 7.08. The molecule has 0 radical (unpaired) electrons. The number of aryl methyl sites for hydroxylation is 2. The van der Waals surface area contributed by atoms with Crippen LogP contribution in [0.25, 0.3) is 11.1 Å². The van der Waals surface area contributed by atoms with E-state index < -0.39 is 0 Å². The molecule has 0 aliphatic heterocycles. The van der Waals surface area contributed by atoms with Gasteiger partial charge >= 0.3 is 0 Å². The van der Waals surface area contributed by atoms with E-state index in [1.54, 1.807) is 18.5 Å². The Balaban J connectivity index is 1.45. The highest BCUT2D eigenvalue weighted by Gasteiger charge is 2.21. The van der Waals surface area contributed by atoms with Crippen LogP contribution in [0.15, 0.2) is 30.6 Å². The molecule has 1 aliphatic rings. The Labute approximate surface area is 189 Å². The molecule has 3 rings (SSSR count). The Bertz CT molecular complexity index is 763. The summed E-state index contributed by atoms with van der Waals surface area (Å²) in [5, 5.41) is 0. The van der Waals surface area contributed by atoms with Crippen LogP contribution in [0.3, 0.4) is 0 Å². The van der Waals surface area contributed by atoms with Gasteiger partial charge in [0, 0.05) is 29.9 Å². The second kappa shape index (κ2) is 12.9. The first-order valence-electron chi connectivity index (χ1n) is 12.8. The molecule has 3 heteroatoms. The van der Waals surface area contributed by atoms with E-state index in [4.69, 9.17) is 0 Å². The molecule has 2 nitrogen and oxygen atoms in total. The van der Waals surface area contributed by atoms with E-state index in [1.165, 1.54) is 70.6 Å². The maximum atomic E-state index is 14.6. The fourth-order valence-electron chi connectivity index (χ4n) is 4.98. The predicted molar refractivity (Wildman–Crippen MR) is 129 cm³/mol. The normalized spacial score (nSPS) is 18.9. The average Bonchev–Trinajstić information content (AvgIpc) is 2.79. The smallest absolute Gasteiger partial charge is 0.131 e. The molecule has 0 unspecified atom stereocenters. The molecule has 0 amide bonds. The van der Waals surface area contributed by atoms with Crippen LogP contribution in [-0.4, -0.2) is 9.97 Å².